The maximum atomic E-state index is 10.4. The summed E-state index contributed by atoms with van der Waals surface area (Å²) >= 11 is 1.10. The highest BCUT2D eigenvalue weighted by molar-refractivity contribution is 7.10. The van der Waals surface area contributed by atoms with Gasteiger partial charge in [-0.25, -0.2) is 0 Å². The van der Waals surface area contributed by atoms with E-state index < -0.39 is 12.3 Å². The Morgan fingerprint density at radius 1 is 2.00 bits per heavy atom. The van der Waals surface area contributed by atoms with Crippen LogP contribution >= 0.6 is 11.3 Å². The average Bonchev–Trinajstić information content (AvgIpc) is 2.37. The molecule has 1 aromatic heterocycles. The first-order chi connectivity index (χ1) is 5.05. The molecule has 0 saturated heterocycles. The van der Waals surface area contributed by atoms with Crippen molar-refractivity contribution in [3.63, 3.8) is 0 Å². The lowest BCUT2D eigenvalue weighted by molar-refractivity contribution is -0.136. The minimum Gasteiger partial charge on any atom is -0.481 e. The van der Waals surface area contributed by atoms with Crippen molar-refractivity contribution in [1.29, 1.82) is 0 Å². The molecule has 2 nitrogen and oxygen atoms in total. The summed E-state index contributed by atoms with van der Waals surface area (Å²) in [7, 11) is 0. The second kappa shape index (κ2) is 2.64. The average molecular weight is 144 g/mol. The van der Waals surface area contributed by atoms with Crippen LogP contribution in [-0.2, 0) is 11.2 Å². The normalized spacial score (nSPS) is 14.2. The van der Waals surface area contributed by atoms with E-state index in [0.717, 1.165) is 11.3 Å². The Morgan fingerprint density at radius 2 is 2.78 bits per heavy atom. The van der Waals surface area contributed by atoms with E-state index in [9.17, 15) is 4.79 Å². The van der Waals surface area contributed by atoms with Crippen molar-refractivity contribution in [1.82, 2.24) is 0 Å². The predicted octanol–water partition coefficient (Wildman–Crippen LogP) is 1.38. The molecular weight excluding hydrogens is 136 g/mol. The molecule has 1 aromatic rings. The van der Waals surface area contributed by atoms with Crippen molar-refractivity contribution in [2.75, 3.05) is 0 Å². The van der Waals surface area contributed by atoms with Crippen LogP contribution in [0.15, 0.2) is 17.5 Å². The molecule has 0 aliphatic carbocycles. The van der Waals surface area contributed by atoms with Crippen LogP contribution in [0.4, 0.5) is 0 Å². The summed E-state index contributed by atoms with van der Waals surface area (Å²) in [6.07, 6.45) is -2.24. The standard InChI is InChI=1S/C6H6O2S/c7-6(8)4-5-2-1-3-9-5/h1-3H,4H2,(H,7,8)/i4D2. The zero-order valence-corrected chi connectivity index (χ0v) is 5.31. The summed E-state index contributed by atoms with van der Waals surface area (Å²) in [5.74, 6) is -1.44. The van der Waals surface area contributed by atoms with Crippen LogP contribution in [0, 0.1) is 0 Å². The van der Waals surface area contributed by atoms with Crippen molar-refractivity contribution in [3.05, 3.63) is 22.4 Å². The fraction of sp³-hybridized carbons (Fsp3) is 0.167. The quantitative estimate of drug-likeness (QED) is 0.680. The number of aliphatic carboxylic acids is 1. The summed E-state index contributed by atoms with van der Waals surface area (Å²) in [6, 6.07) is 3.10. The molecule has 0 aliphatic heterocycles. The third kappa shape index (κ3) is 1.85. The van der Waals surface area contributed by atoms with E-state index in [2.05, 4.69) is 0 Å². The fourth-order valence-electron chi connectivity index (χ4n) is 0.455. The van der Waals surface area contributed by atoms with E-state index in [1.54, 1.807) is 11.4 Å². The summed E-state index contributed by atoms with van der Waals surface area (Å²) in [4.78, 5) is 10.6. The lowest BCUT2D eigenvalue weighted by Gasteiger charge is -1.85. The van der Waals surface area contributed by atoms with Crippen molar-refractivity contribution < 1.29 is 12.6 Å². The summed E-state index contributed by atoms with van der Waals surface area (Å²) in [5.41, 5.74) is 0. The molecule has 0 spiro atoms. The Morgan fingerprint density at radius 3 is 3.22 bits per heavy atom. The molecule has 0 bridgehead atoms. The van der Waals surface area contributed by atoms with Crippen molar-refractivity contribution in [3.8, 4) is 0 Å². The van der Waals surface area contributed by atoms with E-state index in [4.69, 9.17) is 7.85 Å². The highest BCUT2D eigenvalue weighted by Crippen LogP contribution is 2.08. The van der Waals surface area contributed by atoms with Crippen molar-refractivity contribution in [2.45, 2.75) is 6.37 Å². The van der Waals surface area contributed by atoms with Gasteiger partial charge in [0.15, 0.2) is 0 Å². The van der Waals surface area contributed by atoms with Crippen LogP contribution < -0.4 is 0 Å². The first-order valence-corrected chi connectivity index (χ1v) is 3.20. The summed E-state index contributed by atoms with van der Waals surface area (Å²) in [6.45, 7) is 0. The lowest BCUT2D eigenvalue weighted by atomic mass is 10.3. The van der Waals surface area contributed by atoms with Crippen molar-refractivity contribution >= 4 is 17.3 Å². The third-order valence-corrected chi connectivity index (χ3v) is 1.54. The Hall–Kier alpha value is -0.830. The molecule has 0 aromatic carbocycles. The van der Waals surface area contributed by atoms with Crippen LogP contribution in [0.3, 0.4) is 0 Å². The van der Waals surface area contributed by atoms with E-state index in [1.807, 2.05) is 0 Å². The van der Waals surface area contributed by atoms with Crippen LogP contribution in [-0.4, -0.2) is 11.1 Å². The van der Waals surface area contributed by atoms with Gasteiger partial charge in [0.25, 0.3) is 0 Å². The number of carboxylic acid groups (broad SMARTS) is 1. The van der Waals surface area contributed by atoms with Gasteiger partial charge in [-0.1, -0.05) is 6.07 Å². The molecule has 9 heavy (non-hydrogen) atoms. The maximum Gasteiger partial charge on any atom is 0.308 e. The van der Waals surface area contributed by atoms with Gasteiger partial charge in [0.2, 0.25) is 0 Å². The molecule has 0 unspecified atom stereocenters. The second-order valence-corrected chi connectivity index (χ2v) is 2.36. The van der Waals surface area contributed by atoms with Crippen LogP contribution in [0.1, 0.15) is 7.62 Å². The molecule has 0 radical (unpaired) electrons. The predicted molar refractivity (Wildman–Crippen MR) is 35.7 cm³/mol. The van der Waals surface area contributed by atoms with Gasteiger partial charge in [-0.3, -0.25) is 4.79 Å². The van der Waals surface area contributed by atoms with E-state index in [-0.39, 0.29) is 4.88 Å². The smallest absolute Gasteiger partial charge is 0.308 e. The van der Waals surface area contributed by atoms with Crippen molar-refractivity contribution in [2.24, 2.45) is 0 Å². The minimum absolute atomic E-state index is 0.227. The SMILES string of the molecule is [2H]C([2H])(C(=O)O)c1cccs1. The summed E-state index contributed by atoms with van der Waals surface area (Å²) < 4.78 is 14.2. The zero-order valence-electron chi connectivity index (χ0n) is 6.50. The van der Waals surface area contributed by atoms with Gasteiger partial charge >= 0.3 is 5.97 Å². The number of rotatable bonds is 2. The van der Waals surface area contributed by atoms with Crippen LogP contribution in [0.25, 0.3) is 0 Å². The number of hydrogen-bond acceptors (Lipinski definition) is 2. The topological polar surface area (TPSA) is 37.3 Å². The van der Waals surface area contributed by atoms with Gasteiger partial charge in [-0.15, -0.1) is 11.3 Å². The highest BCUT2D eigenvalue weighted by Gasteiger charge is 1.98. The van der Waals surface area contributed by atoms with Gasteiger partial charge in [0.05, 0.1) is 6.37 Å². The van der Waals surface area contributed by atoms with Gasteiger partial charge in [0, 0.05) is 7.62 Å². The number of thiophene rings is 1. The highest BCUT2D eigenvalue weighted by atomic mass is 32.1. The van der Waals surface area contributed by atoms with E-state index >= 15 is 0 Å². The number of carbonyl (C=O) groups is 1. The van der Waals surface area contributed by atoms with E-state index in [1.165, 1.54) is 6.07 Å². The molecule has 0 atom stereocenters. The molecule has 3 heteroatoms. The minimum atomic E-state index is -2.24. The second-order valence-electron chi connectivity index (χ2n) is 1.41. The molecule has 0 amide bonds. The molecule has 0 saturated carbocycles. The van der Waals surface area contributed by atoms with Gasteiger partial charge in [0.1, 0.15) is 0 Å². The Kier molecular flexibility index (Phi) is 1.19. The molecule has 0 aliphatic rings. The largest absolute Gasteiger partial charge is 0.481 e. The third-order valence-electron chi connectivity index (χ3n) is 0.751. The lowest BCUT2D eigenvalue weighted by Crippen LogP contribution is -1.96. The first-order valence-electron chi connectivity index (χ1n) is 3.32. The molecule has 1 N–H and O–H groups in total. The Bertz CT molecular complexity index is 256. The molecule has 0 fully saturated rings. The van der Waals surface area contributed by atoms with Crippen LogP contribution in [0.2, 0.25) is 0 Å². The zero-order chi connectivity index (χ0) is 8.48. The number of hydrogen-bond donors (Lipinski definition) is 1. The summed E-state index contributed by atoms with van der Waals surface area (Å²) in [5, 5.41) is 10.1. The molecular formula is C6H6O2S. The Labute approximate surface area is 59.6 Å². The van der Waals surface area contributed by atoms with E-state index in [0.29, 0.717) is 0 Å². The molecule has 48 valence electrons. The Balaban J connectivity index is 3.00. The van der Waals surface area contributed by atoms with Gasteiger partial charge in [-0.2, -0.15) is 0 Å². The van der Waals surface area contributed by atoms with Crippen LogP contribution in [0.5, 0.6) is 0 Å². The first kappa shape index (κ1) is 4.06. The maximum absolute atomic E-state index is 10.4. The molecule has 1 rings (SSSR count). The fourth-order valence-corrected chi connectivity index (χ4v) is 1.06. The number of carboxylic acids is 1. The monoisotopic (exact) mass is 144 g/mol. The van der Waals surface area contributed by atoms with Gasteiger partial charge in [-0.05, 0) is 11.4 Å². The molecule has 1 heterocycles. The van der Waals surface area contributed by atoms with Gasteiger partial charge < -0.3 is 5.11 Å².